The van der Waals surface area contributed by atoms with Gasteiger partial charge in [-0.15, -0.1) is 0 Å². The lowest BCUT2D eigenvalue weighted by Gasteiger charge is -2.24. The normalized spacial score (nSPS) is 13.9. The highest BCUT2D eigenvalue weighted by atomic mass is 32.1. The van der Waals surface area contributed by atoms with Gasteiger partial charge in [0.1, 0.15) is 18.1 Å². The highest BCUT2D eigenvalue weighted by Gasteiger charge is 2.32. The van der Waals surface area contributed by atoms with Gasteiger partial charge in [0.15, 0.2) is 0 Å². The monoisotopic (exact) mass is 569 g/mol. The molecule has 0 aliphatic carbocycles. The van der Waals surface area contributed by atoms with Crippen LogP contribution in [0.25, 0.3) is 10.9 Å². The molecular formula is C27H31N5O7S. The van der Waals surface area contributed by atoms with E-state index in [0.29, 0.717) is 11.1 Å². The fraction of sp³-hybridized carbons (Fsp3) is 0.296. The van der Waals surface area contributed by atoms with Crippen molar-refractivity contribution in [2.75, 3.05) is 5.75 Å². The van der Waals surface area contributed by atoms with Crippen molar-refractivity contribution >= 4 is 53.2 Å². The maximum absolute atomic E-state index is 13.2. The Kier molecular flexibility index (Phi) is 10.7. The molecular weight excluding hydrogens is 538 g/mol. The lowest BCUT2D eigenvalue weighted by molar-refractivity contribution is -0.143. The molecule has 40 heavy (non-hydrogen) atoms. The summed E-state index contributed by atoms with van der Waals surface area (Å²) in [5.74, 6) is -5.22. The second-order valence-electron chi connectivity index (χ2n) is 9.16. The van der Waals surface area contributed by atoms with Crippen molar-refractivity contribution in [3.63, 3.8) is 0 Å². The van der Waals surface area contributed by atoms with Gasteiger partial charge in [-0.25, -0.2) is 4.79 Å². The number of carboxylic acids is 2. The van der Waals surface area contributed by atoms with Crippen LogP contribution < -0.4 is 21.7 Å². The number of carbonyl (C=O) groups is 5. The average Bonchev–Trinajstić information content (AvgIpc) is 3.34. The van der Waals surface area contributed by atoms with E-state index in [0.717, 1.165) is 10.9 Å². The van der Waals surface area contributed by atoms with E-state index in [1.54, 1.807) is 48.7 Å². The molecule has 0 fully saturated rings. The van der Waals surface area contributed by atoms with E-state index in [-0.39, 0.29) is 18.6 Å². The highest BCUT2D eigenvalue weighted by Crippen LogP contribution is 2.19. The van der Waals surface area contributed by atoms with Gasteiger partial charge >= 0.3 is 11.9 Å². The summed E-state index contributed by atoms with van der Waals surface area (Å²) in [6.45, 7) is 0. The van der Waals surface area contributed by atoms with Crippen LogP contribution in [-0.2, 0) is 36.8 Å². The van der Waals surface area contributed by atoms with Crippen molar-refractivity contribution < 1.29 is 34.2 Å². The largest absolute Gasteiger partial charge is 0.481 e. The summed E-state index contributed by atoms with van der Waals surface area (Å²) in [6, 6.07) is 10.7. The Morgan fingerprint density at radius 1 is 0.800 bits per heavy atom. The minimum absolute atomic E-state index is 0.0164. The lowest BCUT2D eigenvalue weighted by atomic mass is 10.0. The van der Waals surface area contributed by atoms with Crippen molar-refractivity contribution in [1.29, 1.82) is 0 Å². The number of para-hydroxylation sites is 1. The predicted octanol–water partition coefficient (Wildman–Crippen LogP) is 0.224. The smallest absolute Gasteiger partial charge is 0.326 e. The zero-order valence-electron chi connectivity index (χ0n) is 21.4. The van der Waals surface area contributed by atoms with Gasteiger partial charge in [0.25, 0.3) is 0 Å². The molecule has 8 N–H and O–H groups in total. The number of rotatable bonds is 14. The molecule has 13 heteroatoms. The molecule has 212 valence electrons. The van der Waals surface area contributed by atoms with Gasteiger partial charge in [0.2, 0.25) is 17.7 Å². The van der Waals surface area contributed by atoms with Crippen LogP contribution in [0.1, 0.15) is 17.5 Å². The zero-order valence-corrected chi connectivity index (χ0v) is 22.3. The van der Waals surface area contributed by atoms with E-state index >= 15 is 0 Å². The molecule has 0 saturated heterocycles. The van der Waals surface area contributed by atoms with E-state index in [1.165, 1.54) is 0 Å². The molecule has 0 aliphatic rings. The Balaban J connectivity index is 1.78. The van der Waals surface area contributed by atoms with Crippen LogP contribution in [0, 0.1) is 0 Å². The van der Waals surface area contributed by atoms with E-state index in [1.807, 2.05) is 12.1 Å². The van der Waals surface area contributed by atoms with Gasteiger partial charge < -0.3 is 36.9 Å². The van der Waals surface area contributed by atoms with Crippen molar-refractivity contribution in [3.05, 3.63) is 71.9 Å². The number of aromatic nitrogens is 1. The summed E-state index contributed by atoms with van der Waals surface area (Å²) in [6.07, 6.45) is 0.749. The number of benzene rings is 2. The van der Waals surface area contributed by atoms with Gasteiger partial charge in [-0.3, -0.25) is 19.2 Å². The second-order valence-corrected chi connectivity index (χ2v) is 9.53. The van der Waals surface area contributed by atoms with Crippen LogP contribution in [0.2, 0.25) is 0 Å². The number of aromatic amines is 1. The summed E-state index contributed by atoms with van der Waals surface area (Å²) >= 11 is 3.99. The number of thiol groups is 1. The van der Waals surface area contributed by atoms with E-state index < -0.39 is 60.2 Å². The highest BCUT2D eigenvalue weighted by molar-refractivity contribution is 7.80. The number of carboxylic acid groups (broad SMARTS) is 2. The van der Waals surface area contributed by atoms with Crippen LogP contribution >= 0.6 is 12.6 Å². The van der Waals surface area contributed by atoms with Gasteiger partial charge in [-0.05, 0) is 17.2 Å². The summed E-state index contributed by atoms with van der Waals surface area (Å²) in [7, 11) is 0. The fourth-order valence-electron chi connectivity index (χ4n) is 4.07. The quantitative estimate of drug-likeness (QED) is 0.126. The molecule has 4 atom stereocenters. The van der Waals surface area contributed by atoms with Gasteiger partial charge in [-0.2, -0.15) is 12.6 Å². The van der Waals surface area contributed by atoms with Crippen molar-refractivity contribution in [1.82, 2.24) is 20.9 Å². The number of nitrogens with two attached hydrogens (primary N) is 1. The summed E-state index contributed by atoms with van der Waals surface area (Å²) < 4.78 is 0. The predicted molar refractivity (Wildman–Crippen MR) is 150 cm³/mol. The molecule has 0 bridgehead atoms. The number of fused-ring (bicyclic) bond motifs is 1. The number of H-pyrrole nitrogens is 1. The Bertz CT molecular complexity index is 1360. The van der Waals surface area contributed by atoms with Crippen molar-refractivity contribution in [2.24, 2.45) is 5.73 Å². The van der Waals surface area contributed by atoms with Crippen LogP contribution in [0.15, 0.2) is 60.8 Å². The molecule has 0 saturated carbocycles. The molecule has 4 unspecified atom stereocenters. The average molecular weight is 570 g/mol. The SMILES string of the molecule is NC(CS)C(=O)NC(Cc1ccccc1)C(=O)NC(CC(=O)O)C(=O)NC(Cc1c[nH]c2ccccc12)C(=O)O. The third-order valence-electron chi connectivity index (χ3n) is 6.17. The topological polar surface area (TPSA) is 204 Å². The second kappa shape index (κ2) is 14.1. The van der Waals surface area contributed by atoms with Gasteiger partial charge in [-0.1, -0.05) is 48.5 Å². The zero-order chi connectivity index (χ0) is 29.2. The Labute approximate surface area is 235 Å². The molecule has 1 aromatic heterocycles. The Hall–Kier alpha value is -4.36. The van der Waals surface area contributed by atoms with E-state index in [2.05, 4.69) is 33.6 Å². The summed E-state index contributed by atoms with van der Waals surface area (Å²) in [5.41, 5.74) is 7.83. The Morgan fingerprint density at radius 2 is 1.40 bits per heavy atom. The van der Waals surface area contributed by atoms with Crippen molar-refractivity contribution in [2.45, 2.75) is 43.4 Å². The standard InChI is InChI=1S/C27H31N5O7S/c28-18(14-40)24(35)30-20(10-15-6-2-1-3-7-15)25(36)31-21(12-23(33)34)26(37)32-22(27(38)39)11-16-13-29-19-9-5-4-8-17(16)19/h1-9,13,18,20-22,29,40H,10-12,14,28H2,(H,30,35)(H,31,36)(H,32,37)(H,33,34)(H,38,39). The van der Waals surface area contributed by atoms with Crippen molar-refractivity contribution in [3.8, 4) is 0 Å². The number of hydrogen-bond acceptors (Lipinski definition) is 7. The molecule has 12 nitrogen and oxygen atoms in total. The first-order chi connectivity index (χ1) is 19.1. The number of aliphatic carboxylic acids is 2. The van der Waals surface area contributed by atoms with Gasteiger partial charge in [0, 0.05) is 35.7 Å². The Morgan fingerprint density at radius 3 is 2.05 bits per heavy atom. The van der Waals surface area contributed by atoms with Crippen LogP contribution in [-0.4, -0.2) is 74.8 Å². The number of carbonyl (C=O) groups excluding carboxylic acids is 3. The lowest BCUT2D eigenvalue weighted by Crippen LogP contribution is -2.58. The summed E-state index contributed by atoms with van der Waals surface area (Å²) in [4.78, 5) is 65.3. The molecule has 0 aliphatic heterocycles. The van der Waals surface area contributed by atoms with Gasteiger partial charge in [0.05, 0.1) is 12.5 Å². The molecule has 1 heterocycles. The van der Waals surface area contributed by atoms with Crippen LogP contribution in [0.4, 0.5) is 0 Å². The first-order valence-electron chi connectivity index (χ1n) is 12.4. The number of nitrogens with one attached hydrogen (secondary N) is 4. The number of amides is 3. The van der Waals surface area contributed by atoms with Crippen LogP contribution in [0.3, 0.4) is 0 Å². The maximum Gasteiger partial charge on any atom is 0.326 e. The third-order valence-corrected chi connectivity index (χ3v) is 6.57. The molecule has 3 rings (SSSR count). The molecule has 0 radical (unpaired) electrons. The first-order valence-corrected chi connectivity index (χ1v) is 13.0. The molecule has 0 spiro atoms. The van der Waals surface area contributed by atoms with E-state index in [9.17, 15) is 34.2 Å². The fourth-order valence-corrected chi connectivity index (χ4v) is 4.24. The molecule has 3 amide bonds. The summed E-state index contributed by atoms with van der Waals surface area (Å²) in [5, 5.41) is 27.2. The first kappa shape index (κ1) is 30.2. The minimum atomic E-state index is -1.62. The van der Waals surface area contributed by atoms with E-state index in [4.69, 9.17) is 5.73 Å². The molecule has 2 aromatic carbocycles. The number of hydrogen-bond donors (Lipinski definition) is 8. The maximum atomic E-state index is 13.2. The van der Waals surface area contributed by atoms with Crippen LogP contribution in [0.5, 0.6) is 0 Å². The molecule has 3 aromatic rings. The minimum Gasteiger partial charge on any atom is -0.481 e. The third kappa shape index (κ3) is 8.32.